The summed E-state index contributed by atoms with van der Waals surface area (Å²) in [6.07, 6.45) is 0. The van der Waals surface area contributed by atoms with Crippen molar-refractivity contribution in [2.24, 2.45) is 0 Å². The fourth-order valence-corrected chi connectivity index (χ4v) is 1.38. The number of anilines is 1. The van der Waals surface area contributed by atoms with Gasteiger partial charge in [-0.05, 0) is 18.2 Å². The number of fused-ring (bicyclic) bond motifs is 1. The molecule has 0 saturated heterocycles. The van der Waals surface area contributed by atoms with Crippen molar-refractivity contribution in [1.29, 1.82) is 0 Å². The Bertz CT molecular complexity index is 668. The topological polar surface area (TPSA) is 92.2 Å². The van der Waals surface area contributed by atoms with Gasteiger partial charge in [0.15, 0.2) is 0 Å². The van der Waals surface area contributed by atoms with Crippen molar-refractivity contribution >= 4 is 22.5 Å². The fourth-order valence-electron chi connectivity index (χ4n) is 1.38. The molecule has 1 heterocycles. The summed E-state index contributed by atoms with van der Waals surface area (Å²) in [6, 6.07) is 4.55. The Morgan fingerprint density at radius 3 is 2.81 bits per heavy atom. The molecule has 1 aromatic carbocycles. The zero-order valence-electron chi connectivity index (χ0n) is 8.37. The maximum atomic E-state index is 11.3. The van der Waals surface area contributed by atoms with E-state index in [-0.39, 0.29) is 11.3 Å². The summed E-state index contributed by atoms with van der Waals surface area (Å²) in [5.41, 5.74) is 0.112. The van der Waals surface area contributed by atoms with E-state index >= 15 is 0 Å². The van der Waals surface area contributed by atoms with Gasteiger partial charge in [-0.25, -0.2) is 9.59 Å². The van der Waals surface area contributed by atoms with Gasteiger partial charge in [-0.1, -0.05) is 0 Å². The molecule has 0 saturated carbocycles. The Hall–Kier alpha value is -2.37. The first-order valence-corrected chi connectivity index (χ1v) is 4.51. The van der Waals surface area contributed by atoms with Crippen molar-refractivity contribution in [3.05, 3.63) is 39.2 Å². The third-order valence-corrected chi connectivity index (χ3v) is 1.98. The normalized spacial score (nSPS) is 10.3. The van der Waals surface area contributed by atoms with E-state index in [4.69, 9.17) is 0 Å². The van der Waals surface area contributed by atoms with Gasteiger partial charge in [0.2, 0.25) is 5.91 Å². The van der Waals surface area contributed by atoms with E-state index in [1.54, 1.807) is 6.07 Å². The van der Waals surface area contributed by atoms with Gasteiger partial charge in [-0.2, -0.15) is 0 Å². The van der Waals surface area contributed by atoms with Crippen LogP contribution in [0.3, 0.4) is 0 Å². The second kappa shape index (κ2) is 3.65. The van der Waals surface area contributed by atoms with E-state index in [1.165, 1.54) is 19.1 Å². The first kappa shape index (κ1) is 10.2. The summed E-state index contributed by atoms with van der Waals surface area (Å²) >= 11 is 0. The second-order valence-corrected chi connectivity index (χ2v) is 3.24. The highest BCUT2D eigenvalue weighted by Crippen LogP contribution is 2.13. The van der Waals surface area contributed by atoms with Crippen LogP contribution in [0.1, 0.15) is 6.92 Å². The van der Waals surface area contributed by atoms with Crippen LogP contribution < -0.4 is 16.7 Å². The molecule has 6 nitrogen and oxygen atoms in total. The van der Waals surface area contributed by atoms with Crippen molar-refractivity contribution in [1.82, 2.24) is 4.98 Å². The number of nitrogens with one attached hydrogen (secondary N) is 2. The number of H-pyrrole nitrogens is 1. The smallest absolute Gasteiger partial charge is 0.372 e. The summed E-state index contributed by atoms with van der Waals surface area (Å²) in [5.74, 6) is -1.04. The summed E-state index contributed by atoms with van der Waals surface area (Å²) in [7, 11) is 0. The molecule has 0 spiro atoms. The van der Waals surface area contributed by atoms with Gasteiger partial charge < -0.3 is 9.73 Å². The van der Waals surface area contributed by atoms with Crippen LogP contribution in [-0.4, -0.2) is 10.9 Å². The lowest BCUT2D eigenvalue weighted by atomic mass is 10.2. The predicted molar refractivity (Wildman–Crippen MR) is 57.4 cm³/mol. The van der Waals surface area contributed by atoms with Crippen molar-refractivity contribution in [2.75, 3.05) is 5.32 Å². The zero-order chi connectivity index (χ0) is 11.7. The number of aromatic nitrogens is 1. The standard InChI is InChI=1S/C10H8N2O4/c1-5(13)11-6-2-3-8-7(4-6)9(14)16-10(15)12-8/h2-4H,1H3,(H,11,13)(H,12,15). The van der Waals surface area contributed by atoms with Crippen LogP contribution in [0.15, 0.2) is 32.2 Å². The third-order valence-electron chi connectivity index (χ3n) is 1.98. The Balaban J connectivity index is 2.66. The SMILES string of the molecule is CC(=O)Nc1ccc2[nH]c(=O)oc(=O)c2c1. The van der Waals surface area contributed by atoms with Gasteiger partial charge in [0.25, 0.3) is 0 Å². The lowest BCUT2D eigenvalue weighted by Crippen LogP contribution is -2.15. The molecule has 2 rings (SSSR count). The summed E-state index contributed by atoms with van der Waals surface area (Å²) < 4.78 is 4.37. The molecule has 16 heavy (non-hydrogen) atoms. The van der Waals surface area contributed by atoms with Crippen molar-refractivity contribution in [3.63, 3.8) is 0 Å². The molecule has 1 amide bonds. The van der Waals surface area contributed by atoms with E-state index in [9.17, 15) is 14.4 Å². The molecular formula is C10H8N2O4. The minimum atomic E-state index is -0.801. The van der Waals surface area contributed by atoms with E-state index in [1.807, 2.05) is 0 Å². The molecule has 0 radical (unpaired) electrons. The molecule has 0 fully saturated rings. The quantitative estimate of drug-likeness (QED) is 0.729. The first-order valence-electron chi connectivity index (χ1n) is 4.51. The second-order valence-electron chi connectivity index (χ2n) is 3.24. The van der Waals surface area contributed by atoms with Crippen LogP contribution in [0.2, 0.25) is 0 Å². The largest absolute Gasteiger partial charge is 0.419 e. The monoisotopic (exact) mass is 220 g/mol. The van der Waals surface area contributed by atoms with Gasteiger partial charge in [-0.3, -0.25) is 9.78 Å². The van der Waals surface area contributed by atoms with Crippen LogP contribution in [0.25, 0.3) is 10.9 Å². The number of hydrogen-bond donors (Lipinski definition) is 2. The lowest BCUT2D eigenvalue weighted by Gasteiger charge is -2.02. The highest BCUT2D eigenvalue weighted by atomic mass is 16.4. The van der Waals surface area contributed by atoms with Gasteiger partial charge in [-0.15, -0.1) is 0 Å². The zero-order valence-corrected chi connectivity index (χ0v) is 8.37. The summed E-state index contributed by atoms with van der Waals surface area (Å²) in [6.45, 7) is 1.36. The van der Waals surface area contributed by atoms with Crippen LogP contribution in [0.4, 0.5) is 5.69 Å². The Morgan fingerprint density at radius 1 is 1.38 bits per heavy atom. The molecule has 0 unspecified atom stereocenters. The molecule has 82 valence electrons. The molecule has 2 aromatic rings. The number of rotatable bonds is 1. The Kier molecular flexibility index (Phi) is 2.32. The first-order chi connectivity index (χ1) is 7.56. The highest BCUT2D eigenvalue weighted by molar-refractivity contribution is 5.91. The molecule has 6 heteroatoms. The van der Waals surface area contributed by atoms with Crippen LogP contribution >= 0.6 is 0 Å². The minimum absolute atomic E-state index is 0.214. The number of amides is 1. The Labute approximate surface area is 88.9 Å². The minimum Gasteiger partial charge on any atom is -0.372 e. The van der Waals surface area contributed by atoms with Gasteiger partial charge >= 0.3 is 11.4 Å². The fraction of sp³-hybridized carbons (Fsp3) is 0.100. The van der Waals surface area contributed by atoms with E-state index < -0.39 is 11.4 Å². The van der Waals surface area contributed by atoms with Crippen molar-refractivity contribution in [2.45, 2.75) is 6.92 Å². The van der Waals surface area contributed by atoms with Crippen LogP contribution in [-0.2, 0) is 4.79 Å². The van der Waals surface area contributed by atoms with Gasteiger partial charge in [0.1, 0.15) is 0 Å². The van der Waals surface area contributed by atoms with Gasteiger partial charge in [0.05, 0.1) is 10.9 Å². The number of carbonyl (C=O) groups is 1. The van der Waals surface area contributed by atoms with E-state index in [0.29, 0.717) is 11.2 Å². The highest BCUT2D eigenvalue weighted by Gasteiger charge is 2.04. The molecule has 0 aliphatic carbocycles. The number of benzene rings is 1. The van der Waals surface area contributed by atoms with Crippen molar-refractivity contribution < 1.29 is 9.21 Å². The maximum absolute atomic E-state index is 11.3. The average Bonchev–Trinajstić information content (AvgIpc) is 2.18. The molecule has 0 bridgehead atoms. The molecule has 0 aliphatic heterocycles. The van der Waals surface area contributed by atoms with Crippen LogP contribution in [0, 0.1) is 0 Å². The number of hydrogen-bond acceptors (Lipinski definition) is 4. The number of carbonyl (C=O) groups excluding carboxylic acids is 1. The molecule has 1 aromatic heterocycles. The van der Waals surface area contributed by atoms with E-state index in [0.717, 1.165) is 0 Å². The molecule has 0 atom stereocenters. The Morgan fingerprint density at radius 2 is 2.12 bits per heavy atom. The molecule has 0 aliphatic rings. The molecule has 2 N–H and O–H groups in total. The van der Waals surface area contributed by atoms with Crippen LogP contribution in [0.5, 0.6) is 0 Å². The van der Waals surface area contributed by atoms with Gasteiger partial charge in [0, 0.05) is 12.6 Å². The lowest BCUT2D eigenvalue weighted by molar-refractivity contribution is -0.114. The summed E-state index contributed by atoms with van der Waals surface area (Å²) in [5, 5.41) is 2.74. The third kappa shape index (κ3) is 1.85. The van der Waals surface area contributed by atoms with E-state index in [2.05, 4.69) is 14.7 Å². The van der Waals surface area contributed by atoms with Crippen molar-refractivity contribution in [3.8, 4) is 0 Å². The average molecular weight is 220 g/mol. The predicted octanol–water partition coefficient (Wildman–Crippen LogP) is 0.440. The maximum Gasteiger partial charge on any atom is 0.419 e. The number of aromatic amines is 1. The summed E-state index contributed by atoms with van der Waals surface area (Å²) in [4.78, 5) is 35.4. The molecular weight excluding hydrogens is 212 g/mol.